The first-order chi connectivity index (χ1) is 12.8. The molecule has 4 nitrogen and oxygen atoms in total. The second-order valence-electron chi connectivity index (χ2n) is 7.11. The Kier molecular flexibility index (Phi) is 7.60. The van der Waals surface area contributed by atoms with Crippen LogP contribution in [0.2, 0.25) is 0 Å². The van der Waals surface area contributed by atoms with Gasteiger partial charge in [-0.05, 0) is 55.5 Å². The number of hydrogen-bond acceptors (Lipinski definition) is 3. The van der Waals surface area contributed by atoms with Crippen LogP contribution in [-0.4, -0.2) is 18.3 Å². The summed E-state index contributed by atoms with van der Waals surface area (Å²) < 4.78 is 6.35. The average Bonchev–Trinajstić information content (AvgIpc) is 2.60. The van der Waals surface area contributed by atoms with E-state index in [9.17, 15) is 9.59 Å². The molecule has 0 radical (unpaired) electrons. The van der Waals surface area contributed by atoms with E-state index in [-0.39, 0.29) is 24.3 Å². The van der Waals surface area contributed by atoms with Crippen LogP contribution in [-0.2, 0) is 11.2 Å². The predicted molar refractivity (Wildman–Crippen MR) is 111 cm³/mol. The summed E-state index contributed by atoms with van der Waals surface area (Å²) in [4.78, 5) is 23.9. The molecule has 0 fully saturated rings. The maximum atomic E-state index is 12.2. The van der Waals surface area contributed by atoms with E-state index in [0.29, 0.717) is 17.2 Å². The third-order valence-electron chi connectivity index (χ3n) is 4.18. The molecule has 0 aromatic heterocycles. The third kappa shape index (κ3) is 6.51. The molecular weight excluding hydrogens is 406 g/mol. The van der Waals surface area contributed by atoms with Crippen molar-refractivity contribution in [1.29, 1.82) is 0 Å². The Hall–Kier alpha value is -2.14. The summed E-state index contributed by atoms with van der Waals surface area (Å²) in [5.41, 5.74) is 2.79. The number of rotatable bonds is 8. The number of ether oxygens (including phenoxy) is 1. The Bertz CT molecular complexity index is 800. The minimum absolute atomic E-state index is 0.110. The van der Waals surface area contributed by atoms with E-state index in [1.54, 1.807) is 18.2 Å². The quantitative estimate of drug-likeness (QED) is 0.590. The normalized spacial score (nSPS) is 11.9. The predicted octanol–water partition coefficient (Wildman–Crippen LogP) is 5.11. The van der Waals surface area contributed by atoms with E-state index in [1.807, 2.05) is 19.1 Å². The van der Waals surface area contributed by atoms with E-state index < -0.39 is 0 Å². The Morgan fingerprint density at radius 1 is 1.07 bits per heavy atom. The van der Waals surface area contributed by atoms with Crippen LogP contribution in [0.1, 0.15) is 55.2 Å². The maximum absolute atomic E-state index is 12.2. The van der Waals surface area contributed by atoms with Gasteiger partial charge in [-0.1, -0.05) is 54.0 Å². The summed E-state index contributed by atoms with van der Waals surface area (Å²) in [5.74, 6) is 0.683. The molecule has 0 aliphatic carbocycles. The Labute approximate surface area is 169 Å². The largest absolute Gasteiger partial charge is 0.483 e. The Morgan fingerprint density at radius 3 is 2.33 bits per heavy atom. The highest BCUT2D eigenvalue weighted by Crippen LogP contribution is 2.24. The molecule has 2 aromatic rings. The van der Waals surface area contributed by atoms with Gasteiger partial charge in [0, 0.05) is 4.47 Å². The highest BCUT2D eigenvalue weighted by atomic mass is 79.9. The lowest BCUT2D eigenvalue weighted by molar-refractivity contribution is -0.123. The third-order valence-corrected chi connectivity index (χ3v) is 4.67. The molecule has 0 bridgehead atoms. The fourth-order valence-electron chi connectivity index (χ4n) is 2.83. The van der Waals surface area contributed by atoms with Crippen LogP contribution in [0.15, 0.2) is 46.9 Å². The number of hydrogen-bond donors (Lipinski definition) is 1. The van der Waals surface area contributed by atoms with E-state index in [0.717, 1.165) is 16.5 Å². The summed E-state index contributed by atoms with van der Waals surface area (Å²) in [6.07, 6.45) is 1.04. The van der Waals surface area contributed by atoms with Gasteiger partial charge in [0.15, 0.2) is 12.4 Å². The first-order valence-electron chi connectivity index (χ1n) is 9.07. The molecule has 27 heavy (non-hydrogen) atoms. The fourth-order valence-corrected chi connectivity index (χ4v) is 3.19. The molecule has 0 aliphatic heterocycles. The molecule has 144 valence electrons. The number of halogens is 1. The second-order valence-corrected chi connectivity index (χ2v) is 8.03. The van der Waals surface area contributed by atoms with Crippen molar-refractivity contribution in [3.63, 3.8) is 0 Å². The molecule has 0 saturated carbocycles. The van der Waals surface area contributed by atoms with Crippen molar-refractivity contribution in [2.45, 2.75) is 40.2 Å². The summed E-state index contributed by atoms with van der Waals surface area (Å²) in [6.45, 7) is 7.66. The molecule has 0 unspecified atom stereocenters. The molecule has 1 atom stereocenters. The zero-order valence-electron chi connectivity index (χ0n) is 16.2. The van der Waals surface area contributed by atoms with Crippen molar-refractivity contribution in [3.8, 4) is 5.75 Å². The van der Waals surface area contributed by atoms with Crippen LogP contribution in [0.25, 0.3) is 0 Å². The highest BCUT2D eigenvalue weighted by molar-refractivity contribution is 9.10. The summed E-state index contributed by atoms with van der Waals surface area (Å²) in [5, 5.41) is 2.93. The van der Waals surface area contributed by atoms with E-state index in [2.05, 4.69) is 47.2 Å². The molecule has 0 aliphatic rings. The van der Waals surface area contributed by atoms with E-state index in [4.69, 9.17) is 4.74 Å². The van der Waals surface area contributed by atoms with Crippen molar-refractivity contribution in [2.24, 2.45) is 5.92 Å². The van der Waals surface area contributed by atoms with Gasteiger partial charge in [-0.3, -0.25) is 9.59 Å². The minimum Gasteiger partial charge on any atom is -0.483 e. The fraction of sp³-hybridized carbons (Fsp3) is 0.364. The van der Waals surface area contributed by atoms with Crippen LogP contribution < -0.4 is 10.1 Å². The average molecular weight is 432 g/mol. The number of ketones is 1. The van der Waals surface area contributed by atoms with Crippen LogP contribution in [0.3, 0.4) is 0 Å². The molecule has 2 aromatic carbocycles. The zero-order valence-corrected chi connectivity index (χ0v) is 17.8. The standard InChI is InChI=1S/C22H26BrNO3/c1-14(2)11-17-5-7-18(8-6-17)15(3)24-22(26)13-27-21-10-9-19(23)12-20(21)16(4)25/h5-10,12,14-15H,11,13H2,1-4H3,(H,24,26)/t15-/m1/s1. The molecule has 0 spiro atoms. The van der Waals surface area contributed by atoms with Gasteiger partial charge in [0.25, 0.3) is 5.91 Å². The van der Waals surface area contributed by atoms with Crippen molar-refractivity contribution in [1.82, 2.24) is 5.32 Å². The van der Waals surface area contributed by atoms with Crippen molar-refractivity contribution in [2.75, 3.05) is 6.61 Å². The van der Waals surface area contributed by atoms with Gasteiger partial charge >= 0.3 is 0 Å². The van der Waals surface area contributed by atoms with Crippen LogP contribution in [0.5, 0.6) is 5.75 Å². The molecule has 1 amide bonds. The lowest BCUT2D eigenvalue weighted by Gasteiger charge is -2.16. The van der Waals surface area contributed by atoms with Gasteiger partial charge < -0.3 is 10.1 Å². The van der Waals surface area contributed by atoms with Gasteiger partial charge in [0.2, 0.25) is 0 Å². The first kappa shape index (κ1) is 21.2. The molecule has 2 rings (SSSR count). The van der Waals surface area contributed by atoms with Crippen LogP contribution in [0, 0.1) is 5.92 Å². The molecule has 1 N–H and O–H groups in total. The van der Waals surface area contributed by atoms with E-state index in [1.165, 1.54) is 12.5 Å². The SMILES string of the molecule is CC(=O)c1cc(Br)ccc1OCC(=O)N[C@H](C)c1ccc(CC(C)C)cc1. The topological polar surface area (TPSA) is 55.4 Å². The first-order valence-corrected chi connectivity index (χ1v) is 9.87. The Balaban J connectivity index is 1.93. The number of Topliss-reactive ketones (excluding diaryl/α,β-unsaturated/α-hetero) is 1. The monoisotopic (exact) mass is 431 g/mol. The zero-order chi connectivity index (χ0) is 20.0. The molecule has 5 heteroatoms. The van der Waals surface area contributed by atoms with Crippen LogP contribution >= 0.6 is 15.9 Å². The Morgan fingerprint density at radius 2 is 1.74 bits per heavy atom. The number of nitrogens with one attached hydrogen (secondary N) is 1. The van der Waals surface area contributed by atoms with Crippen molar-refractivity contribution in [3.05, 3.63) is 63.6 Å². The lowest BCUT2D eigenvalue weighted by Crippen LogP contribution is -2.31. The number of carbonyl (C=O) groups excluding carboxylic acids is 2. The highest BCUT2D eigenvalue weighted by Gasteiger charge is 2.13. The molecule has 0 saturated heterocycles. The lowest BCUT2D eigenvalue weighted by atomic mass is 10.00. The van der Waals surface area contributed by atoms with Gasteiger partial charge in [-0.15, -0.1) is 0 Å². The maximum Gasteiger partial charge on any atom is 0.258 e. The van der Waals surface area contributed by atoms with E-state index >= 15 is 0 Å². The smallest absolute Gasteiger partial charge is 0.258 e. The van der Waals surface area contributed by atoms with Gasteiger partial charge in [-0.25, -0.2) is 0 Å². The number of amides is 1. The van der Waals surface area contributed by atoms with Crippen LogP contribution in [0.4, 0.5) is 0 Å². The van der Waals surface area contributed by atoms with Gasteiger partial charge in [0.1, 0.15) is 5.75 Å². The molecular formula is C22H26BrNO3. The van der Waals surface area contributed by atoms with Gasteiger partial charge in [-0.2, -0.15) is 0 Å². The minimum atomic E-state index is -0.230. The number of carbonyl (C=O) groups is 2. The van der Waals surface area contributed by atoms with Gasteiger partial charge in [0.05, 0.1) is 11.6 Å². The number of benzene rings is 2. The van der Waals surface area contributed by atoms with Crippen molar-refractivity contribution >= 4 is 27.6 Å². The molecule has 0 heterocycles. The summed E-state index contributed by atoms with van der Waals surface area (Å²) >= 11 is 3.33. The van der Waals surface area contributed by atoms with Crippen molar-refractivity contribution < 1.29 is 14.3 Å². The second kappa shape index (κ2) is 9.70. The summed E-state index contributed by atoms with van der Waals surface area (Å²) in [7, 11) is 0. The summed E-state index contributed by atoms with van der Waals surface area (Å²) in [6, 6.07) is 13.3.